The van der Waals surface area contributed by atoms with E-state index in [9.17, 15) is 23.1 Å². The van der Waals surface area contributed by atoms with Gasteiger partial charge in [-0.05, 0) is 25.5 Å². The first-order chi connectivity index (χ1) is 15.2. The SMILES string of the molecule is Cc1nc(-c2cn3c(n2)-c2ccc(N4CC[C@H]4C(=O)O)cc2OCC3)n(CC(F)(F)F)n1. The number of hydrogen-bond acceptors (Lipinski definition) is 6. The number of fused-ring (bicyclic) bond motifs is 3. The van der Waals surface area contributed by atoms with Crippen LogP contribution < -0.4 is 9.64 Å². The Balaban J connectivity index is 1.52. The zero-order chi connectivity index (χ0) is 22.6. The molecule has 3 aromatic rings. The Morgan fingerprint density at radius 2 is 2.06 bits per heavy atom. The molecule has 0 amide bonds. The number of aryl methyl sites for hydroxylation is 1. The topological polar surface area (TPSA) is 98.3 Å². The number of nitrogens with zero attached hydrogens (tertiary/aromatic N) is 6. The van der Waals surface area contributed by atoms with E-state index >= 15 is 0 Å². The summed E-state index contributed by atoms with van der Waals surface area (Å²) in [6, 6.07) is 4.82. The maximum absolute atomic E-state index is 13.0. The van der Waals surface area contributed by atoms with E-state index in [1.807, 2.05) is 4.57 Å². The molecule has 12 heteroatoms. The fourth-order valence-corrected chi connectivity index (χ4v) is 4.03. The average molecular weight is 448 g/mol. The van der Waals surface area contributed by atoms with Crippen molar-refractivity contribution in [3.63, 3.8) is 0 Å². The smallest absolute Gasteiger partial charge is 0.408 e. The highest BCUT2D eigenvalue weighted by molar-refractivity contribution is 5.81. The van der Waals surface area contributed by atoms with Crippen molar-refractivity contribution in [2.75, 3.05) is 18.1 Å². The highest BCUT2D eigenvalue weighted by Crippen LogP contribution is 2.38. The minimum absolute atomic E-state index is 0.0457. The molecule has 2 aliphatic heterocycles. The number of benzene rings is 1. The van der Waals surface area contributed by atoms with E-state index in [1.165, 1.54) is 6.92 Å². The van der Waals surface area contributed by atoms with Gasteiger partial charge in [-0.25, -0.2) is 19.4 Å². The first-order valence-corrected chi connectivity index (χ1v) is 10.0. The quantitative estimate of drug-likeness (QED) is 0.655. The normalized spacial score (nSPS) is 17.8. The number of alkyl halides is 3. The van der Waals surface area contributed by atoms with E-state index in [-0.39, 0.29) is 17.3 Å². The van der Waals surface area contributed by atoms with Crippen LogP contribution in [0.3, 0.4) is 0 Å². The van der Waals surface area contributed by atoms with Gasteiger partial charge in [-0.3, -0.25) is 0 Å². The molecule has 1 saturated heterocycles. The summed E-state index contributed by atoms with van der Waals surface area (Å²) in [4.78, 5) is 21.9. The number of ether oxygens (including phenoxy) is 1. The fraction of sp³-hybridized carbons (Fsp3) is 0.400. The van der Waals surface area contributed by atoms with Crippen LogP contribution in [0.4, 0.5) is 18.9 Å². The van der Waals surface area contributed by atoms with Crippen molar-refractivity contribution in [3.05, 3.63) is 30.2 Å². The third-order valence-electron chi connectivity index (χ3n) is 5.54. The largest absolute Gasteiger partial charge is 0.491 e. The van der Waals surface area contributed by atoms with E-state index in [0.717, 1.165) is 10.4 Å². The van der Waals surface area contributed by atoms with Gasteiger partial charge >= 0.3 is 12.1 Å². The third-order valence-corrected chi connectivity index (χ3v) is 5.54. The molecule has 2 aliphatic rings. The number of carboxylic acids is 1. The van der Waals surface area contributed by atoms with Gasteiger partial charge in [0.1, 0.15) is 42.3 Å². The maximum atomic E-state index is 13.0. The Kier molecular flexibility index (Phi) is 4.60. The second-order valence-corrected chi connectivity index (χ2v) is 7.76. The minimum Gasteiger partial charge on any atom is -0.491 e. The lowest BCUT2D eigenvalue weighted by Gasteiger charge is -2.40. The Morgan fingerprint density at radius 1 is 1.25 bits per heavy atom. The van der Waals surface area contributed by atoms with Crippen molar-refractivity contribution in [3.8, 4) is 28.7 Å². The Morgan fingerprint density at radius 3 is 2.75 bits per heavy atom. The molecule has 0 aliphatic carbocycles. The van der Waals surface area contributed by atoms with Crippen LogP contribution in [0.2, 0.25) is 0 Å². The standard InChI is InChI=1S/C20H19F3N6O3/c1-11-24-18(29(26-11)10-20(21,22)23)14-9-27-6-7-32-16-8-12(2-3-13(16)17(27)25-14)28-5-4-15(28)19(30)31/h2-3,8-9,15H,4-7,10H2,1H3,(H,30,31)/t15-/m0/s1. The first kappa shape index (κ1) is 20.3. The number of anilines is 1. The number of carboxylic acid groups (broad SMARTS) is 1. The molecule has 0 spiro atoms. The number of rotatable bonds is 4. The van der Waals surface area contributed by atoms with Gasteiger partial charge in [0.05, 0.1) is 12.1 Å². The molecule has 0 bridgehead atoms. The zero-order valence-corrected chi connectivity index (χ0v) is 17.0. The Hall–Kier alpha value is -3.57. The van der Waals surface area contributed by atoms with Crippen LogP contribution in [0.5, 0.6) is 5.75 Å². The second kappa shape index (κ2) is 7.24. The van der Waals surface area contributed by atoms with E-state index in [2.05, 4.69) is 15.1 Å². The lowest BCUT2D eigenvalue weighted by molar-refractivity contribution is -0.142. The first-order valence-electron chi connectivity index (χ1n) is 10.0. The summed E-state index contributed by atoms with van der Waals surface area (Å²) < 4.78 is 47.4. The van der Waals surface area contributed by atoms with Crippen molar-refractivity contribution in [2.45, 2.75) is 38.7 Å². The molecule has 1 N–H and O–H groups in total. The molecule has 32 heavy (non-hydrogen) atoms. The van der Waals surface area contributed by atoms with Crippen LogP contribution in [0.15, 0.2) is 24.4 Å². The van der Waals surface area contributed by atoms with Crippen LogP contribution >= 0.6 is 0 Å². The van der Waals surface area contributed by atoms with Gasteiger partial charge in [0.2, 0.25) is 0 Å². The predicted molar refractivity (Wildman–Crippen MR) is 106 cm³/mol. The molecule has 1 atom stereocenters. The molecule has 168 valence electrons. The van der Waals surface area contributed by atoms with Crippen molar-refractivity contribution in [1.29, 1.82) is 0 Å². The second-order valence-electron chi connectivity index (χ2n) is 7.76. The van der Waals surface area contributed by atoms with Crippen molar-refractivity contribution < 1.29 is 27.8 Å². The molecule has 0 radical (unpaired) electrons. The molecular formula is C20H19F3N6O3. The summed E-state index contributed by atoms with van der Waals surface area (Å²) in [5, 5.41) is 13.2. The molecular weight excluding hydrogens is 429 g/mol. The van der Waals surface area contributed by atoms with Gasteiger partial charge in [0.25, 0.3) is 0 Å². The van der Waals surface area contributed by atoms with Gasteiger partial charge in [0, 0.05) is 24.5 Å². The average Bonchev–Trinajstić information content (AvgIpc) is 3.18. The summed E-state index contributed by atoms with van der Waals surface area (Å²) in [7, 11) is 0. The molecule has 4 heterocycles. The highest BCUT2D eigenvalue weighted by Gasteiger charge is 2.35. The lowest BCUT2D eigenvalue weighted by atomic mass is 10.0. The summed E-state index contributed by atoms with van der Waals surface area (Å²) >= 11 is 0. The van der Waals surface area contributed by atoms with E-state index < -0.39 is 24.7 Å². The highest BCUT2D eigenvalue weighted by atomic mass is 19.4. The van der Waals surface area contributed by atoms with Crippen molar-refractivity contribution >= 4 is 11.7 Å². The molecule has 9 nitrogen and oxygen atoms in total. The van der Waals surface area contributed by atoms with Crippen molar-refractivity contribution in [1.82, 2.24) is 24.3 Å². The van der Waals surface area contributed by atoms with E-state index in [1.54, 1.807) is 29.3 Å². The monoisotopic (exact) mass is 448 g/mol. The Labute approximate surface area is 180 Å². The summed E-state index contributed by atoms with van der Waals surface area (Å²) in [5.41, 5.74) is 1.70. The number of carbonyl (C=O) groups is 1. The van der Waals surface area contributed by atoms with Crippen LogP contribution in [0.25, 0.3) is 22.9 Å². The zero-order valence-electron chi connectivity index (χ0n) is 17.0. The summed E-state index contributed by atoms with van der Waals surface area (Å²) in [6.45, 7) is 1.69. The number of hydrogen-bond donors (Lipinski definition) is 1. The number of aliphatic carboxylic acids is 1. The number of aromatic nitrogens is 5. The number of halogens is 3. The van der Waals surface area contributed by atoms with Gasteiger partial charge < -0.3 is 19.3 Å². The molecule has 0 unspecified atom stereocenters. The van der Waals surface area contributed by atoms with Crippen LogP contribution in [-0.4, -0.2) is 60.8 Å². The fourth-order valence-electron chi connectivity index (χ4n) is 4.03. The van der Waals surface area contributed by atoms with Gasteiger partial charge in [-0.15, -0.1) is 0 Å². The van der Waals surface area contributed by atoms with Gasteiger partial charge in [-0.2, -0.15) is 18.3 Å². The minimum atomic E-state index is -4.44. The van der Waals surface area contributed by atoms with E-state index in [0.29, 0.717) is 43.3 Å². The molecule has 2 aromatic heterocycles. The molecule has 5 rings (SSSR count). The molecule has 0 saturated carbocycles. The number of imidazole rings is 1. The molecule has 1 fully saturated rings. The van der Waals surface area contributed by atoms with Gasteiger partial charge in [0.15, 0.2) is 5.82 Å². The summed E-state index contributed by atoms with van der Waals surface area (Å²) in [5.74, 6) is 0.484. The maximum Gasteiger partial charge on any atom is 0.408 e. The Bertz CT molecular complexity index is 1200. The lowest BCUT2D eigenvalue weighted by Crippen LogP contribution is -2.52. The van der Waals surface area contributed by atoms with Crippen molar-refractivity contribution in [2.24, 2.45) is 0 Å². The summed E-state index contributed by atoms with van der Waals surface area (Å²) in [6.07, 6.45) is -2.21. The van der Waals surface area contributed by atoms with Crippen LogP contribution in [0.1, 0.15) is 12.2 Å². The van der Waals surface area contributed by atoms with Crippen LogP contribution in [0, 0.1) is 6.92 Å². The predicted octanol–water partition coefficient (Wildman–Crippen LogP) is 2.74. The third kappa shape index (κ3) is 3.55. The van der Waals surface area contributed by atoms with Gasteiger partial charge in [-0.1, -0.05) is 0 Å². The van der Waals surface area contributed by atoms with Crippen LogP contribution in [-0.2, 0) is 17.9 Å². The van der Waals surface area contributed by atoms with E-state index in [4.69, 9.17) is 4.74 Å². The molecule has 1 aromatic carbocycles.